The Labute approximate surface area is 88.4 Å². The molecule has 0 radical (unpaired) electrons. The molecule has 1 heterocycles. The van der Waals surface area contributed by atoms with Gasteiger partial charge in [-0.25, -0.2) is 4.98 Å². The highest BCUT2D eigenvalue weighted by Gasteiger charge is 2.30. The van der Waals surface area contributed by atoms with Gasteiger partial charge in [0.1, 0.15) is 0 Å². The number of hydrogen-bond donors (Lipinski definition) is 0. The van der Waals surface area contributed by atoms with Crippen molar-refractivity contribution in [3.05, 3.63) is 15.6 Å². The van der Waals surface area contributed by atoms with Crippen molar-refractivity contribution in [3.63, 3.8) is 0 Å². The van der Waals surface area contributed by atoms with Crippen molar-refractivity contribution in [2.24, 2.45) is 0 Å². The SMILES string of the molecule is CCCc1nc(C2CC2)c(C(C)=O)s1. The van der Waals surface area contributed by atoms with Gasteiger partial charge < -0.3 is 0 Å². The summed E-state index contributed by atoms with van der Waals surface area (Å²) < 4.78 is 0. The number of ketones is 1. The Balaban J connectivity index is 2.30. The molecule has 1 aromatic heterocycles. The summed E-state index contributed by atoms with van der Waals surface area (Å²) in [6.45, 7) is 3.79. The molecular formula is C11H15NOS. The Hall–Kier alpha value is -0.700. The van der Waals surface area contributed by atoms with Gasteiger partial charge in [-0.3, -0.25) is 4.79 Å². The second-order valence-corrected chi connectivity index (χ2v) is 4.99. The third-order valence-corrected chi connectivity index (χ3v) is 3.68. The number of Topliss-reactive ketones (excluding diaryl/α,β-unsaturated/α-hetero) is 1. The summed E-state index contributed by atoms with van der Waals surface area (Å²) in [5, 5.41) is 1.14. The number of nitrogens with zero attached hydrogens (tertiary/aromatic N) is 1. The van der Waals surface area contributed by atoms with Gasteiger partial charge in [-0.15, -0.1) is 11.3 Å². The van der Waals surface area contributed by atoms with Crippen LogP contribution >= 0.6 is 11.3 Å². The molecule has 1 aromatic rings. The van der Waals surface area contributed by atoms with Crippen molar-refractivity contribution in [3.8, 4) is 0 Å². The molecule has 76 valence electrons. The molecule has 0 amide bonds. The molecule has 0 saturated heterocycles. The minimum absolute atomic E-state index is 0.187. The molecule has 3 heteroatoms. The highest BCUT2D eigenvalue weighted by Crippen LogP contribution is 2.42. The lowest BCUT2D eigenvalue weighted by atomic mass is 10.2. The first kappa shape index (κ1) is 9.84. The normalized spacial score (nSPS) is 15.9. The van der Waals surface area contributed by atoms with Crippen LogP contribution in [0, 0.1) is 0 Å². The molecule has 1 saturated carbocycles. The monoisotopic (exact) mass is 209 g/mol. The Morgan fingerprint density at radius 1 is 1.57 bits per heavy atom. The maximum atomic E-state index is 11.4. The van der Waals surface area contributed by atoms with Gasteiger partial charge in [-0.2, -0.15) is 0 Å². The number of aryl methyl sites for hydroxylation is 1. The van der Waals surface area contributed by atoms with E-state index in [1.807, 2.05) is 0 Å². The van der Waals surface area contributed by atoms with Crippen molar-refractivity contribution in [2.45, 2.75) is 45.4 Å². The minimum Gasteiger partial charge on any atom is -0.294 e. The van der Waals surface area contributed by atoms with E-state index in [4.69, 9.17) is 0 Å². The molecular weight excluding hydrogens is 194 g/mol. The zero-order valence-electron chi connectivity index (χ0n) is 8.67. The molecule has 0 N–H and O–H groups in total. The van der Waals surface area contributed by atoms with Gasteiger partial charge >= 0.3 is 0 Å². The number of rotatable bonds is 4. The smallest absolute Gasteiger partial charge is 0.171 e. The summed E-state index contributed by atoms with van der Waals surface area (Å²) in [6, 6.07) is 0. The Kier molecular flexibility index (Phi) is 2.68. The molecule has 1 aliphatic rings. The summed E-state index contributed by atoms with van der Waals surface area (Å²) >= 11 is 1.60. The van der Waals surface area contributed by atoms with Gasteiger partial charge in [-0.05, 0) is 25.7 Å². The average molecular weight is 209 g/mol. The zero-order chi connectivity index (χ0) is 10.1. The van der Waals surface area contributed by atoms with E-state index >= 15 is 0 Å². The number of carbonyl (C=O) groups is 1. The van der Waals surface area contributed by atoms with Crippen molar-refractivity contribution in [1.82, 2.24) is 4.98 Å². The lowest BCUT2D eigenvalue weighted by Crippen LogP contribution is -1.93. The van der Waals surface area contributed by atoms with Gasteiger partial charge in [0.25, 0.3) is 0 Å². The third-order valence-electron chi connectivity index (χ3n) is 2.45. The van der Waals surface area contributed by atoms with Crippen LogP contribution in [0.15, 0.2) is 0 Å². The first-order chi connectivity index (χ1) is 6.72. The van der Waals surface area contributed by atoms with E-state index in [-0.39, 0.29) is 5.78 Å². The van der Waals surface area contributed by atoms with Gasteiger partial charge in [0.2, 0.25) is 0 Å². The quantitative estimate of drug-likeness (QED) is 0.713. The maximum Gasteiger partial charge on any atom is 0.171 e. The fraction of sp³-hybridized carbons (Fsp3) is 0.636. The van der Waals surface area contributed by atoms with E-state index in [0.717, 1.165) is 28.4 Å². The predicted octanol–water partition coefficient (Wildman–Crippen LogP) is 3.18. The van der Waals surface area contributed by atoms with E-state index < -0.39 is 0 Å². The highest BCUT2D eigenvalue weighted by atomic mass is 32.1. The average Bonchev–Trinajstić information content (AvgIpc) is 2.88. The van der Waals surface area contributed by atoms with Gasteiger partial charge in [-0.1, -0.05) is 6.92 Å². The first-order valence-corrected chi connectivity index (χ1v) is 6.04. The molecule has 0 unspecified atom stereocenters. The summed E-state index contributed by atoms with van der Waals surface area (Å²) in [5.74, 6) is 0.780. The third kappa shape index (κ3) is 1.87. The van der Waals surface area contributed by atoms with Gasteiger partial charge in [0, 0.05) is 12.8 Å². The topological polar surface area (TPSA) is 30.0 Å². The molecule has 0 aromatic carbocycles. The largest absolute Gasteiger partial charge is 0.294 e. The summed E-state index contributed by atoms with van der Waals surface area (Å²) in [4.78, 5) is 16.9. The molecule has 0 atom stereocenters. The molecule has 1 aliphatic carbocycles. The second-order valence-electron chi connectivity index (χ2n) is 3.90. The van der Waals surface area contributed by atoms with Crippen LogP contribution in [-0.2, 0) is 6.42 Å². The van der Waals surface area contributed by atoms with Crippen molar-refractivity contribution >= 4 is 17.1 Å². The number of thiazole rings is 1. The summed E-state index contributed by atoms with van der Waals surface area (Å²) in [7, 11) is 0. The van der Waals surface area contributed by atoms with E-state index in [2.05, 4.69) is 11.9 Å². The summed E-state index contributed by atoms with van der Waals surface area (Å²) in [5.41, 5.74) is 1.09. The van der Waals surface area contributed by atoms with Gasteiger partial charge in [0.15, 0.2) is 5.78 Å². The number of aromatic nitrogens is 1. The van der Waals surface area contributed by atoms with Gasteiger partial charge in [0.05, 0.1) is 15.6 Å². The lowest BCUT2D eigenvalue weighted by molar-refractivity contribution is 0.102. The van der Waals surface area contributed by atoms with E-state index in [0.29, 0.717) is 5.92 Å². The Bertz CT molecular complexity index is 352. The fourth-order valence-electron chi connectivity index (χ4n) is 1.58. The molecule has 2 rings (SSSR count). The van der Waals surface area contributed by atoms with E-state index in [9.17, 15) is 4.79 Å². The fourth-order valence-corrected chi connectivity index (χ4v) is 2.73. The van der Waals surface area contributed by atoms with Crippen LogP contribution < -0.4 is 0 Å². The molecule has 0 aliphatic heterocycles. The molecule has 2 nitrogen and oxygen atoms in total. The zero-order valence-corrected chi connectivity index (χ0v) is 9.49. The van der Waals surface area contributed by atoms with Crippen LogP contribution in [0.5, 0.6) is 0 Å². The summed E-state index contributed by atoms with van der Waals surface area (Å²) in [6.07, 6.45) is 4.55. The molecule has 14 heavy (non-hydrogen) atoms. The molecule has 0 spiro atoms. The molecule has 0 bridgehead atoms. The van der Waals surface area contributed by atoms with E-state index in [1.54, 1.807) is 18.3 Å². The standard InChI is InChI=1S/C11H15NOS/c1-3-4-9-12-10(8-5-6-8)11(14-9)7(2)13/h8H,3-6H2,1-2H3. The highest BCUT2D eigenvalue weighted by molar-refractivity contribution is 7.13. The first-order valence-electron chi connectivity index (χ1n) is 5.23. The van der Waals surface area contributed by atoms with Crippen molar-refractivity contribution in [2.75, 3.05) is 0 Å². The second kappa shape index (κ2) is 3.81. The maximum absolute atomic E-state index is 11.4. The van der Waals surface area contributed by atoms with Crippen LogP contribution in [0.4, 0.5) is 0 Å². The van der Waals surface area contributed by atoms with E-state index in [1.165, 1.54) is 12.8 Å². The van der Waals surface area contributed by atoms with Crippen LogP contribution in [-0.4, -0.2) is 10.8 Å². The van der Waals surface area contributed by atoms with Crippen LogP contribution in [0.1, 0.15) is 59.4 Å². The van der Waals surface area contributed by atoms with Crippen LogP contribution in [0.25, 0.3) is 0 Å². The van der Waals surface area contributed by atoms with Crippen molar-refractivity contribution in [1.29, 1.82) is 0 Å². The Morgan fingerprint density at radius 3 is 2.79 bits per heavy atom. The van der Waals surface area contributed by atoms with Crippen molar-refractivity contribution < 1.29 is 4.79 Å². The lowest BCUT2D eigenvalue weighted by Gasteiger charge is -1.92. The predicted molar refractivity (Wildman–Crippen MR) is 58.1 cm³/mol. The molecule has 1 fully saturated rings. The van der Waals surface area contributed by atoms with Crippen LogP contribution in [0.2, 0.25) is 0 Å². The number of carbonyl (C=O) groups excluding carboxylic acids is 1. The number of hydrogen-bond acceptors (Lipinski definition) is 3. The minimum atomic E-state index is 0.187. The Morgan fingerprint density at radius 2 is 2.29 bits per heavy atom. The van der Waals surface area contributed by atoms with Crippen LogP contribution in [0.3, 0.4) is 0 Å².